The lowest BCUT2D eigenvalue weighted by Crippen LogP contribution is -2.31. The Bertz CT molecular complexity index is 440. The summed E-state index contributed by atoms with van der Waals surface area (Å²) in [5, 5.41) is 3.14. The highest BCUT2D eigenvalue weighted by Crippen LogP contribution is 2.48. The van der Waals surface area contributed by atoms with Crippen molar-refractivity contribution in [1.29, 1.82) is 0 Å². The molecule has 1 amide bonds. The number of amides is 1. The fourth-order valence-electron chi connectivity index (χ4n) is 2.72. The zero-order chi connectivity index (χ0) is 12.5. The van der Waals surface area contributed by atoms with Gasteiger partial charge in [0.1, 0.15) is 0 Å². The summed E-state index contributed by atoms with van der Waals surface area (Å²) < 4.78 is 1.03. The van der Waals surface area contributed by atoms with Crippen molar-refractivity contribution >= 4 is 28.5 Å². The minimum atomic E-state index is 0.0892. The largest absolute Gasteiger partial charge is 0.352 e. The van der Waals surface area contributed by atoms with Gasteiger partial charge in [0.2, 0.25) is 0 Å². The third-order valence-electron chi connectivity index (χ3n) is 4.07. The van der Waals surface area contributed by atoms with Gasteiger partial charge in [-0.2, -0.15) is 0 Å². The molecule has 0 atom stereocenters. The highest BCUT2D eigenvalue weighted by molar-refractivity contribution is 14.1. The van der Waals surface area contributed by atoms with Crippen LogP contribution in [0, 0.1) is 21.3 Å². The van der Waals surface area contributed by atoms with E-state index < -0.39 is 0 Å². The predicted molar refractivity (Wildman–Crippen MR) is 80.4 cm³/mol. The van der Waals surface area contributed by atoms with Crippen LogP contribution in [0.2, 0.25) is 0 Å². The van der Waals surface area contributed by atoms with Crippen molar-refractivity contribution in [3.8, 4) is 0 Å². The van der Waals surface area contributed by atoms with Crippen LogP contribution in [-0.2, 0) is 0 Å². The lowest BCUT2D eigenvalue weighted by Gasteiger charge is -2.16. The molecule has 0 aliphatic heterocycles. The van der Waals surface area contributed by atoms with Crippen molar-refractivity contribution in [1.82, 2.24) is 5.32 Å². The predicted octanol–water partition coefficient (Wildman–Crippen LogP) is 3.46. The van der Waals surface area contributed by atoms with Crippen LogP contribution < -0.4 is 5.32 Å². The SMILES string of the molecule is O=C(NCC(C1CC1)C1CC1)c1ccccc1I. The van der Waals surface area contributed by atoms with Gasteiger partial charge in [0, 0.05) is 10.1 Å². The summed E-state index contributed by atoms with van der Waals surface area (Å²) in [4.78, 5) is 12.1. The Balaban J connectivity index is 1.59. The Labute approximate surface area is 122 Å². The van der Waals surface area contributed by atoms with E-state index >= 15 is 0 Å². The molecular weight excluding hydrogens is 337 g/mol. The number of carbonyl (C=O) groups excluding carboxylic acids is 1. The summed E-state index contributed by atoms with van der Waals surface area (Å²) in [6.07, 6.45) is 5.50. The van der Waals surface area contributed by atoms with Crippen LogP contribution in [-0.4, -0.2) is 12.5 Å². The lowest BCUT2D eigenvalue weighted by atomic mass is 9.98. The maximum atomic E-state index is 12.1. The molecule has 0 unspecified atom stereocenters. The number of hydrogen-bond donors (Lipinski definition) is 1. The molecule has 3 heteroatoms. The van der Waals surface area contributed by atoms with Crippen LogP contribution in [0.4, 0.5) is 0 Å². The van der Waals surface area contributed by atoms with E-state index in [4.69, 9.17) is 0 Å². The van der Waals surface area contributed by atoms with Crippen molar-refractivity contribution in [2.45, 2.75) is 25.7 Å². The molecule has 0 aromatic heterocycles. The Hall–Kier alpha value is -0.580. The second kappa shape index (κ2) is 5.19. The second-order valence-electron chi connectivity index (χ2n) is 5.53. The van der Waals surface area contributed by atoms with Gasteiger partial charge in [-0.05, 0) is 78.2 Å². The van der Waals surface area contributed by atoms with E-state index in [0.717, 1.165) is 33.4 Å². The van der Waals surface area contributed by atoms with Gasteiger partial charge in [0.15, 0.2) is 0 Å². The molecule has 1 N–H and O–H groups in total. The van der Waals surface area contributed by atoms with Gasteiger partial charge in [0.05, 0.1) is 5.56 Å². The topological polar surface area (TPSA) is 29.1 Å². The van der Waals surface area contributed by atoms with Crippen molar-refractivity contribution in [2.24, 2.45) is 17.8 Å². The van der Waals surface area contributed by atoms with E-state index in [0.29, 0.717) is 0 Å². The van der Waals surface area contributed by atoms with Gasteiger partial charge in [0.25, 0.3) is 5.91 Å². The minimum absolute atomic E-state index is 0.0892. The third kappa shape index (κ3) is 2.87. The molecule has 1 aromatic rings. The fourth-order valence-corrected chi connectivity index (χ4v) is 3.35. The molecule has 0 bridgehead atoms. The van der Waals surface area contributed by atoms with Crippen molar-refractivity contribution in [2.75, 3.05) is 6.54 Å². The monoisotopic (exact) mass is 355 g/mol. The van der Waals surface area contributed by atoms with Crippen LogP contribution in [0.5, 0.6) is 0 Å². The third-order valence-corrected chi connectivity index (χ3v) is 5.01. The van der Waals surface area contributed by atoms with Crippen LogP contribution >= 0.6 is 22.6 Å². The van der Waals surface area contributed by atoms with Gasteiger partial charge in [-0.25, -0.2) is 0 Å². The first-order valence-electron chi connectivity index (χ1n) is 6.78. The highest BCUT2D eigenvalue weighted by Gasteiger charge is 2.41. The standard InChI is InChI=1S/C15H18INO/c16-14-4-2-1-3-12(14)15(18)17-9-13(10-5-6-10)11-7-8-11/h1-4,10-11,13H,5-9H2,(H,17,18). The number of hydrogen-bond acceptors (Lipinski definition) is 1. The zero-order valence-corrected chi connectivity index (χ0v) is 12.5. The van der Waals surface area contributed by atoms with Gasteiger partial charge >= 0.3 is 0 Å². The van der Waals surface area contributed by atoms with E-state index in [1.54, 1.807) is 0 Å². The van der Waals surface area contributed by atoms with Gasteiger partial charge in [-0.1, -0.05) is 12.1 Å². The molecule has 0 radical (unpaired) electrons. The first kappa shape index (κ1) is 12.5. The molecule has 2 aliphatic carbocycles. The molecule has 0 spiro atoms. The Kier molecular flexibility index (Phi) is 3.59. The van der Waals surface area contributed by atoms with Crippen molar-refractivity contribution in [3.05, 3.63) is 33.4 Å². The number of nitrogens with one attached hydrogen (secondary N) is 1. The fraction of sp³-hybridized carbons (Fsp3) is 0.533. The first-order valence-corrected chi connectivity index (χ1v) is 7.86. The summed E-state index contributed by atoms with van der Waals surface area (Å²) in [7, 11) is 0. The zero-order valence-electron chi connectivity index (χ0n) is 10.4. The van der Waals surface area contributed by atoms with Gasteiger partial charge in [-0.3, -0.25) is 4.79 Å². The molecule has 2 fully saturated rings. The molecular formula is C15H18INO. The number of rotatable bonds is 5. The summed E-state index contributed by atoms with van der Waals surface area (Å²) in [5.41, 5.74) is 0.809. The van der Waals surface area contributed by atoms with Crippen molar-refractivity contribution < 1.29 is 4.79 Å². The van der Waals surface area contributed by atoms with Gasteiger partial charge in [-0.15, -0.1) is 0 Å². The molecule has 3 rings (SSSR count). The summed E-state index contributed by atoms with van der Waals surface area (Å²) in [6.45, 7) is 0.874. The van der Waals surface area contributed by atoms with E-state index in [-0.39, 0.29) is 5.91 Å². The van der Waals surface area contributed by atoms with Crippen LogP contribution in [0.1, 0.15) is 36.0 Å². The lowest BCUT2D eigenvalue weighted by molar-refractivity contribution is 0.0942. The van der Waals surface area contributed by atoms with E-state index in [1.165, 1.54) is 25.7 Å². The average Bonchev–Trinajstić information content (AvgIpc) is 3.24. The molecule has 1 aromatic carbocycles. The van der Waals surface area contributed by atoms with Crippen LogP contribution in [0.3, 0.4) is 0 Å². The summed E-state index contributed by atoms with van der Waals surface area (Å²) in [5.74, 6) is 2.63. The smallest absolute Gasteiger partial charge is 0.252 e. The van der Waals surface area contributed by atoms with E-state index in [9.17, 15) is 4.79 Å². The minimum Gasteiger partial charge on any atom is -0.352 e. The van der Waals surface area contributed by atoms with E-state index in [1.807, 2.05) is 24.3 Å². The summed E-state index contributed by atoms with van der Waals surface area (Å²) in [6, 6.07) is 7.78. The molecule has 18 heavy (non-hydrogen) atoms. The normalized spacial score (nSPS) is 19.0. The molecule has 96 valence electrons. The maximum absolute atomic E-state index is 12.1. The Morgan fingerprint density at radius 2 is 1.83 bits per heavy atom. The molecule has 0 heterocycles. The average molecular weight is 355 g/mol. The first-order chi connectivity index (χ1) is 8.75. The highest BCUT2D eigenvalue weighted by atomic mass is 127. The van der Waals surface area contributed by atoms with Crippen LogP contribution in [0.25, 0.3) is 0 Å². The molecule has 2 saturated carbocycles. The molecule has 0 saturated heterocycles. The molecule has 2 aliphatic rings. The molecule has 2 nitrogen and oxygen atoms in total. The number of benzene rings is 1. The van der Waals surface area contributed by atoms with Crippen molar-refractivity contribution in [3.63, 3.8) is 0 Å². The number of halogens is 1. The van der Waals surface area contributed by atoms with Crippen LogP contribution in [0.15, 0.2) is 24.3 Å². The maximum Gasteiger partial charge on any atom is 0.252 e. The Morgan fingerprint density at radius 1 is 1.22 bits per heavy atom. The number of carbonyl (C=O) groups is 1. The van der Waals surface area contributed by atoms with Gasteiger partial charge < -0.3 is 5.32 Å². The Morgan fingerprint density at radius 3 is 2.39 bits per heavy atom. The summed E-state index contributed by atoms with van der Waals surface area (Å²) >= 11 is 2.22. The second-order valence-corrected chi connectivity index (χ2v) is 6.69. The van der Waals surface area contributed by atoms with E-state index in [2.05, 4.69) is 27.9 Å². The quantitative estimate of drug-likeness (QED) is 0.806.